The zero-order chi connectivity index (χ0) is 14.1. The Morgan fingerprint density at radius 1 is 1.40 bits per heavy atom. The van der Waals surface area contributed by atoms with Gasteiger partial charge < -0.3 is 23.8 Å². The lowest BCUT2D eigenvalue weighted by molar-refractivity contribution is 0.0691. The van der Waals surface area contributed by atoms with Crippen molar-refractivity contribution in [2.24, 2.45) is 0 Å². The van der Waals surface area contributed by atoms with Crippen LogP contribution in [0.4, 0.5) is 0 Å². The third-order valence-electron chi connectivity index (χ3n) is 2.63. The fraction of sp³-hybridized carbons (Fsp3) is 0.250. The molecule has 1 aromatic carbocycles. The van der Waals surface area contributed by atoms with Crippen LogP contribution in [0.5, 0.6) is 17.2 Å². The molecule has 0 amide bonds. The smallest absolute Gasteiger partial charge is 0.339 e. The number of fused-ring (bicyclic) bond motifs is 1. The summed E-state index contributed by atoms with van der Waals surface area (Å²) in [6.45, 7) is 1.71. The van der Waals surface area contributed by atoms with E-state index in [1.165, 1.54) is 12.1 Å². The Labute approximate surface area is 112 Å². The van der Waals surface area contributed by atoms with Gasteiger partial charge in [-0.3, -0.25) is 0 Å². The maximum atomic E-state index is 11.2. The molecule has 2 heterocycles. The number of carboxylic acid groups (broad SMARTS) is 1. The van der Waals surface area contributed by atoms with Gasteiger partial charge in [0.15, 0.2) is 18.1 Å². The number of hydrogen-bond donors (Lipinski definition) is 1. The van der Waals surface area contributed by atoms with Gasteiger partial charge >= 0.3 is 5.97 Å². The molecule has 0 saturated carbocycles. The molecule has 0 radical (unpaired) electrons. The molecule has 8 nitrogen and oxygen atoms in total. The molecule has 0 fully saturated rings. The molecule has 20 heavy (non-hydrogen) atoms. The number of aromatic carboxylic acids is 1. The van der Waals surface area contributed by atoms with Crippen molar-refractivity contribution in [3.63, 3.8) is 0 Å². The van der Waals surface area contributed by atoms with E-state index in [-0.39, 0.29) is 24.7 Å². The van der Waals surface area contributed by atoms with Crippen molar-refractivity contribution in [1.29, 1.82) is 0 Å². The van der Waals surface area contributed by atoms with Crippen LogP contribution in [0.25, 0.3) is 0 Å². The van der Waals surface area contributed by atoms with Gasteiger partial charge in [-0.15, -0.1) is 0 Å². The molecule has 1 aliphatic rings. The SMILES string of the molecule is Cc1nc(COc2cc3c(cc2C(=O)O)OCO3)no1. The highest BCUT2D eigenvalue weighted by molar-refractivity contribution is 5.92. The largest absolute Gasteiger partial charge is 0.484 e. The minimum Gasteiger partial charge on any atom is -0.484 e. The van der Waals surface area contributed by atoms with Gasteiger partial charge in [0.25, 0.3) is 0 Å². The first-order valence-corrected chi connectivity index (χ1v) is 5.72. The molecule has 1 aromatic heterocycles. The molecule has 0 unspecified atom stereocenters. The van der Waals surface area contributed by atoms with Gasteiger partial charge in [-0.2, -0.15) is 4.98 Å². The van der Waals surface area contributed by atoms with E-state index >= 15 is 0 Å². The van der Waals surface area contributed by atoms with Crippen molar-refractivity contribution < 1.29 is 28.6 Å². The van der Waals surface area contributed by atoms with Crippen LogP contribution in [0.1, 0.15) is 22.1 Å². The maximum absolute atomic E-state index is 11.2. The highest BCUT2D eigenvalue weighted by Gasteiger charge is 2.22. The van der Waals surface area contributed by atoms with E-state index in [4.69, 9.17) is 18.7 Å². The Morgan fingerprint density at radius 2 is 2.15 bits per heavy atom. The molecule has 104 valence electrons. The second-order valence-corrected chi connectivity index (χ2v) is 4.03. The number of benzene rings is 1. The number of nitrogens with zero attached hydrogens (tertiary/aromatic N) is 2. The summed E-state index contributed by atoms with van der Waals surface area (Å²) in [5.41, 5.74) is -0.0190. The molecule has 0 atom stereocenters. The van der Waals surface area contributed by atoms with Crippen molar-refractivity contribution in [2.75, 3.05) is 6.79 Å². The Hall–Kier alpha value is -2.77. The van der Waals surface area contributed by atoms with Crippen LogP contribution < -0.4 is 14.2 Å². The van der Waals surface area contributed by atoms with Gasteiger partial charge in [0.2, 0.25) is 18.5 Å². The fourth-order valence-corrected chi connectivity index (χ4v) is 1.75. The van der Waals surface area contributed by atoms with E-state index < -0.39 is 5.97 Å². The predicted molar refractivity (Wildman–Crippen MR) is 62.9 cm³/mol. The van der Waals surface area contributed by atoms with Crippen LogP contribution in [-0.4, -0.2) is 28.0 Å². The molecule has 0 bridgehead atoms. The summed E-state index contributed by atoms with van der Waals surface area (Å²) in [7, 11) is 0. The molecule has 8 heteroatoms. The molecule has 2 aromatic rings. The predicted octanol–water partition coefficient (Wildman–Crippen LogP) is 1.38. The molecule has 0 saturated heterocycles. The van der Waals surface area contributed by atoms with Crippen molar-refractivity contribution in [3.8, 4) is 17.2 Å². The number of aryl methyl sites for hydroxylation is 1. The zero-order valence-electron chi connectivity index (χ0n) is 10.5. The Bertz CT molecular complexity index is 666. The van der Waals surface area contributed by atoms with Gasteiger partial charge in [-0.25, -0.2) is 4.79 Å². The van der Waals surface area contributed by atoms with Crippen molar-refractivity contribution in [1.82, 2.24) is 10.1 Å². The van der Waals surface area contributed by atoms with E-state index in [1.807, 2.05) is 0 Å². The molecular formula is C12H10N2O6. The number of hydrogen-bond acceptors (Lipinski definition) is 7. The van der Waals surface area contributed by atoms with Crippen LogP contribution in [0.15, 0.2) is 16.7 Å². The first kappa shape index (κ1) is 12.3. The second-order valence-electron chi connectivity index (χ2n) is 4.03. The highest BCUT2D eigenvalue weighted by Crippen LogP contribution is 2.38. The Kier molecular flexibility index (Phi) is 2.90. The number of carboxylic acids is 1. The lowest BCUT2D eigenvalue weighted by atomic mass is 10.2. The average Bonchev–Trinajstić information content (AvgIpc) is 3.03. The number of rotatable bonds is 4. The summed E-state index contributed by atoms with van der Waals surface area (Å²) >= 11 is 0. The van der Waals surface area contributed by atoms with Gasteiger partial charge in [0, 0.05) is 19.1 Å². The summed E-state index contributed by atoms with van der Waals surface area (Å²) < 4.78 is 20.5. The van der Waals surface area contributed by atoms with Crippen LogP contribution in [-0.2, 0) is 6.61 Å². The summed E-state index contributed by atoms with van der Waals surface area (Å²) in [6, 6.07) is 2.83. The normalized spacial score (nSPS) is 12.4. The van der Waals surface area contributed by atoms with Crippen molar-refractivity contribution >= 4 is 5.97 Å². The summed E-state index contributed by atoms with van der Waals surface area (Å²) in [5.74, 6) is 0.593. The fourth-order valence-electron chi connectivity index (χ4n) is 1.75. The topological polar surface area (TPSA) is 104 Å². The summed E-state index contributed by atoms with van der Waals surface area (Å²) in [6.07, 6.45) is 0. The van der Waals surface area contributed by atoms with E-state index in [0.29, 0.717) is 23.2 Å². The number of aromatic nitrogens is 2. The zero-order valence-corrected chi connectivity index (χ0v) is 10.5. The number of ether oxygens (including phenoxy) is 3. The molecule has 1 aliphatic heterocycles. The molecular weight excluding hydrogens is 268 g/mol. The third-order valence-corrected chi connectivity index (χ3v) is 2.63. The van der Waals surface area contributed by atoms with E-state index in [2.05, 4.69) is 10.1 Å². The lowest BCUT2D eigenvalue weighted by Crippen LogP contribution is -2.04. The first-order valence-electron chi connectivity index (χ1n) is 5.72. The molecule has 0 aliphatic carbocycles. The van der Waals surface area contributed by atoms with E-state index in [1.54, 1.807) is 6.92 Å². The molecule has 1 N–H and O–H groups in total. The van der Waals surface area contributed by atoms with Gasteiger partial charge in [0.1, 0.15) is 11.3 Å². The van der Waals surface area contributed by atoms with Gasteiger partial charge in [-0.1, -0.05) is 5.16 Å². The minimum absolute atomic E-state index is 0.00271. The average molecular weight is 278 g/mol. The van der Waals surface area contributed by atoms with Gasteiger partial charge in [0.05, 0.1) is 0 Å². The molecule has 3 rings (SSSR count). The first-order chi connectivity index (χ1) is 9.63. The van der Waals surface area contributed by atoms with Crippen molar-refractivity contribution in [3.05, 3.63) is 29.4 Å². The van der Waals surface area contributed by atoms with E-state index in [9.17, 15) is 9.90 Å². The molecule has 0 spiro atoms. The second kappa shape index (κ2) is 4.72. The maximum Gasteiger partial charge on any atom is 0.339 e. The van der Waals surface area contributed by atoms with Gasteiger partial charge in [-0.05, 0) is 0 Å². The third kappa shape index (κ3) is 2.22. The van der Waals surface area contributed by atoms with Crippen LogP contribution in [0.2, 0.25) is 0 Å². The standard InChI is InChI=1S/C12H10N2O6/c1-6-13-11(14-20-6)4-17-8-3-10-9(18-5-19-10)2-7(8)12(15)16/h2-3H,4-5H2,1H3,(H,15,16). The summed E-state index contributed by atoms with van der Waals surface area (Å²) in [4.78, 5) is 15.2. The van der Waals surface area contributed by atoms with Crippen LogP contribution in [0.3, 0.4) is 0 Å². The highest BCUT2D eigenvalue weighted by atomic mass is 16.7. The summed E-state index contributed by atoms with van der Waals surface area (Å²) in [5, 5.41) is 12.8. The Balaban J connectivity index is 1.86. The number of carbonyl (C=O) groups is 1. The monoisotopic (exact) mass is 278 g/mol. The van der Waals surface area contributed by atoms with Crippen LogP contribution in [0, 0.1) is 6.92 Å². The van der Waals surface area contributed by atoms with Crippen LogP contribution >= 0.6 is 0 Å². The lowest BCUT2D eigenvalue weighted by Gasteiger charge is -2.08. The quantitative estimate of drug-likeness (QED) is 0.894. The minimum atomic E-state index is -1.12. The Morgan fingerprint density at radius 3 is 2.80 bits per heavy atom. The van der Waals surface area contributed by atoms with E-state index in [0.717, 1.165) is 0 Å². The van der Waals surface area contributed by atoms with Crippen molar-refractivity contribution in [2.45, 2.75) is 13.5 Å².